The number of aliphatic hydroxyl groups is 1. The van der Waals surface area contributed by atoms with E-state index in [2.05, 4.69) is 47.8 Å². The minimum absolute atomic E-state index is 0.159. The summed E-state index contributed by atoms with van der Waals surface area (Å²) in [5, 5.41) is 15.6. The number of benzene rings is 2. The molecule has 0 amide bonds. The number of hydrogen-bond donors (Lipinski definition) is 3. The first kappa shape index (κ1) is 14.5. The zero-order chi connectivity index (χ0) is 14.7. The highest BCUT2D eigenvalue weighted by Crippen LogP contribution is 2.28. The molecule has 3 rings (SSSR count). The van der Waals surface area contributed by atoms with Crippen LogP contribution < -0.4 is 11.1 Å². The van der Waals surface area contributed by atoms with Crippen molar-refractivity contribution < 1.29 is 5.11 Å². The van der Waals surface area contributed by atoms with E-state index < -0.39 is 0 Å². The van der Waals surface area contributed by atoms with Gasteiger partial charge in [0, 0.05) is 25.2 Å². The maximum absolute atomic E-state index is 9.46. The molecule has 1 saturated carbocycles. The SMILES string of the molecule is NCC(NC1CCCC1CO)c1ccc2ccccc2c1. The first-order chi connectivity index (χ1) is 10.3. The number of nitrogens with two attached hydrogens (primary N) is 1. The van der Waals surface area contributed by atoms with Gasteiger partial charge in [0.15, 0.2) is 0 Å². The Hall–Kier alpha value is -1.42. The second-order valence-corrected chi connectivity index (χ2v) is 6.04. The van der Waals surface area contributed by atoms with Gasteiger partial charge in [-0.3, -0.25) is 0 Å². The van der Waals surface area contributed by atoms with Crippen LogP contribution in [0.5, 0.6) is 0 Å². The third-order valence-corrected chi connectivity index (χ3v) is 4.72. The Balaban J connectivity index is 1.80. The maximum Gasteiger partial charge on any atom is 0.0474 e. The molecule has 0 spiro atoms. The lowest BCUT2D eigenvalue weighted by molar-refractivity contribution is 0.200. The zero-order valence-corrected chi connectivity index (χ0v) is 12.3. The highest BCUT2D eigenvalue weighted by Gasteiger charge is 2.28. The Labute approximate surface area is 126 Å². The van der Waals surface area contributed by atoms with Gasteiger partial charge >= 0.3 is 0 Å². The minimum atomic E-state index is 0.159. The Kier molecular flexibility index (Phi) is 4.54. The maximum atomic E-state index is 9.46. The van der Waals surface area contributed by atoms with Crippen molar-refractivity contribution in [2.45, 2.75) is 31.3 Å². The van der Waals surface area contributed by atoms with Crippen LogP contribution in [0.25, 0.3) is 10.8 Å². The van der Waals surface area contributed by atoms with Crippen LogP contribution in [0.1, 0.15) is 30.9 Å². The molecular formula is C18H24N2O. The average molecular weight is 284 g/mol. The largest absolute Gasteiger partial charge is 0.396 e. The molecule has 3 nitrogen and oxygen atoms in total. The molecule has 1 aliphatic rings. The van der Waals surface area contributed by atoms with E-state index in [-0.39, 0.29) is 12.6 Å². The molecule has 0 heterocycles. The molecule has 0 bridgehead atoms. The summed E-state index contributed by atoms with van der Waals surface area (Å²) in [4.78, 5) is 0. The zero-order valence-electron chi connectivity index (χ0n) is 12.3. The summed E-state index contributed by atoms with van der Waals surface area (Å²) in [5.41, 5.74) is 7.22. The van der Waals surface area contributed by atoms with Gasteiger partial charge in [-0.1, -0.05) is 42.8 Å². The number of hydrogen-bond acceptors (Lipinski definition) is 3. The number of nitrogens with one attached hydrogen (secondary N) is 1. The van der Waals surface area contributed by atoms with Gasteiger partial charge in [-0.05, 0) is 41.2 Å². The molecule has 112 valence electrons. The van der Waals surface area contributed by atoms with Gasteiger partial charge in [0.1, 0.15) is 0 Å². The predicted octanol–water partition coefficient (Wildman–Crippen LogP) is 2.59. The summed E-state index contributed by atoms with van der Waals surface area (Å²) < 4.78 is 0. The highest BCUT2D eigenvalue weighted by molar-refractivity contribution is 5.83. The van der Waals surface area contributed by atoms with Crippen LogP contribution in [0.4, 0.5) is 0 Å². The smallest absolute Gasteiger partial charge is 0.0474 e. The summed E-state index contributed by atoms with van der Waals surface area (Å²) in [7, 11) is 0. The lowest BCUT2D eigenvalue weighted by Gasteiger charge is -2.26. The van der Waals surface area contributed by atoms with E-state index in [1.54, 1.807) is 0 Å². The average Bonchev–Trinajstić information content (AvgIpc) is 2.99. The molecule has 3 unspecified atom stereocenters. The lowest BCUT2D eigenvalue weighted by Crippen LogP contribution is -2.39. The van der Waals surface area contributed by atoms with Crippen molar-refractivity contribution >= 4 is 10.8 Å². The normalized spacial score (nSPS) is 23.5. The van der Waals surface area contributed by atoms with Crippen molar-refractivity contribution in [3.8, 4) is 0 Å². The topological polar surface area (TPSA) is 58.3 Å². The first-order valence-electron chi connectivity index (χ1n) is 7.87. The third-order valence-electron chi connectivity index (χ3n) is 4.72. The second kappa shape index (κ2) is 6.56. The van der Waals surface area contributed by atoms with Crippen LogP contribution >= 0.6 is 0 Å². The summed E-state index contributed by atoms with van der Waals surface area (Å²) in [6.45, 7) is 0.847. The number of fused-ring (bicyclic) bond motifs is 1. The van der Waals surface area contributed by atoms with Crippen molar-refractivity contribution in [1.82, 2.24) is 5.32 Å². The minimum Gasteiger partial charge on any atom is -0.396 e. The molecule has 0 aliphatic heterocycles. The number of aliphatic hydroxyl groups excluding tert-OH is 1. The van der Waals surface area contributed by atoms with E-state index in [1.807, 2.05) is 0 Å². The Morgan fingerprint density at radius 3 is 2.71 bits per heavy atom. The van der Waals surface area contributed by atoms with E-state index in [0.29, 0.717) is 18.5 Å². The summed E-state index contributed by atoms with van der Waals surface area (Å²) in [6, 6.07) is 15.5. The molecule has 1 aliphatic carbocycles. The van der Waals surface area contributed by atoms with Gasteiger partial charge in [-0.2, -0.15) is 0 Å². The molecule has 4 N–H and O–H groups in total. The monoisotopic (exact) mass is 284 g/mol. The van der Waals surface area contributed by atoms with Crippen LogP contribution in [0.3, 0.4) is 0 Å². The molecule has 0 aromatic heterocycles. The van der Waals surface area contributed by atoms with Crippen LogP contribution in [0.15, 0.2) is 42.5 Å². The first-order valence-corrected chi connectivity index (χ1v) is 7.87. The molecule has 21 heavy (non-hydrogen) atoms. The van der Waals surface area contributed by atoms with Gasteiger partial charge in [-0.25, -0.2) is 0 Å². The fourth-order valence-electron chi connectivity index (χ4n) is 3.46. The van der Waals surface area contributed by atoms with Crippen LogP contribution in [0, 0.1) is 5.92 Å². The van der Waals surface area contributed by atoms with Crippen molar-refractivity contribution in [2.75, 3.05) is 13.2 Å². The molecule has 3 atom stereocenters. The molecule has 3 heteroatoms. The molecule has 1 fully saturated rings. The van der Waals surface area contributed by atoms with Gasteiger partial charge in [0.25, 0.3) is 0 Å². The van der Waals surface area contributed by atoms with Gasteiger partial charge in [0.05, 0.1) is 0 Å². The lowest BCUT2D eigenvalue weighted by atomic mass is 9.99. The van der Waals surface area contributed by atoms with E-state index >= 15 is 0 Å². The molecule has 2 aromatic carbocycles. The summed E-state index contributed by atoms with van der Waals surface area (Å²) in [6.07, 6.45) is 3.44. The fourth-order valence-corrected chi connectivity index (χ4v) is 3.46. The quantitative estimate of drug-likeness (QED) is 0.791. The van der Waals surface area contributed by atoms with Gasteiger partial charge in [0.2, 0.25) is 0 Å². The van der Waals surface area contributed by atoms with Crippen molar-refractivity contribution in [3.63, 3.8) is 0 Å². The van der Waals surface area contributed by atoms with Gasteiger partial charge < -0.3 is 16.2 Å². The predicted molar refractivity (Wildman–Crippen MR) is 87.1 cm³/mol. The standard InChI is InChI=1S/C18H24N2O/c19-11-18(20-17-7-3-6-16(17)12-21)15-9-8-13-4-1-2-5-14(13)10-15/h1-2,4-5,8-10,16-18,20-21H,3,6-7,11-12,19H2. The number of rotatable bonds is 5. The van der Waals surface area contributed by atoms with E-state index in [1.165, 1.54) is 22.8 Å². The van der Waals surface area contributed by atoms with Crippen molar-refractivity contribution in [1.29, 1.82) is 0 Å². The summed E-state index contributed by atoms with van der Waals surface area (Å²) in [5.74, 6) is 0.375. The Morgan fingerprint density at radius 2 is 1.95 bits per heavy atom. The van der Waals surface area contributed by atoms with E-state index in [4.69, 9.17) is 5.73 Å². The molecular weight excluding hydrogens is 260 g/mol. The van der Waals surface area contributed by atoms with Crippen LogP contribution in [0.2, 0.25) is 0 Å². The molecule has 2 aromatic rings. The van der Waals surface area contributed by atoms with Crippen LogP contribution in [-0.2, 0) is 0 Å². The van der Waals surface area contributed by atoms with E-state index in [9.17, 15) is 5.11 Å². The van der Waals surface area contributed by atoms with Crippen molar-refractivity contribution in [2.24, 2.45) is 11.7 Å². The Morgan fingerprint density at radius 1 is 1.14 bits per heavy atom. The highest BCUT2D eigenvalue weighted by atomic mass is 16.3. The van der Waals surface area contributed by atoms with Gasteiger partial charge in [-0.15, -0.1) is 0 Å². The Bertz CT molecular complexity index is 599. The molecule has 0 saturated heterocycles. The molecule has 0 radical (unpaired) electrons. The second-order valence-electron chi connectivity index (χ2n) is 6.04. The van der Waals surface area contributed by atoms with Crippen molar-refractivity contribution in [3.05, 3.63) is 48.0 Å². The van der Waals surface area contributed by atoms with Crippen LogP contribution in [-0.4, -0.2) is 24.3 Å². The van der Waals surface area contributed by atoms with E-state index in [0.717, 1.165) is 12.8 Å². The summed E-state index contributed by atoms with van der Waals surface area (Å²) >= 11 is 0. The fraction of sp³-hybridized carbons (Fsp3) is 0.444. The third kappa shape index (κ3) is 3.10.